The SMILES string of the molecule is C[C@@H]1C[C@@H]1c1ccc(CN(C(=O)CN2CCSC2=O)C2CC2)o1. The molecule has 124 valence electrons. The second kappa shape index (κ2) is 5.89. The van der Waals surface area contributed by atoms with E-state index in [1.165, 1.54) is 18.2 Å². The van der Waals surface area contributed by atoms with E-state index in [0.717, 1.165) is 30.1 Å². The van der Waals surface area contributed by atoms with Crippen LogP contribution >= 0.6 is 11.8 Å². The lowest BCUT2D eigenvalue weighted by atomic mass is 10.3. The quantitative estimate of drug-likeness (QED) is 0.802. The summed E-state index contributed by atoms with van der Waals surface area (Å²) in [7, 11) is 0. The number of carbonyl (C=O) groups is 2. The fourth-order valence-corrected chi connectivity index (χ4v) is 4.02. The molecule has 2 heterocycles. The van der Waals surface area contributed by atoms with E-state index in [0.29, 0.717) is 31.0 Å². The summed E-state index contributed by atoms with van der Waals surface area (Å²) in [6, 6.07) is 4.38. The lowest BCUT2D eigenvalue weighted by molar-refractivity contribution is -0.133. The van der Waals surface area contributed by atoms with Gasteiger partial charge < -0.3 is 14.2 Å². The fraction of sp³-hybridized carbons (Fsp3) is 0.647. The number of rotatable bonds is 6. The third-order valence-electron chi connectivity index (χ3n) is 4.96. The van der Waals surface area contributed by atoms with Gasteiger partial charge in [0.25, 0.3) is 5.24 Å². The maximum absolute atomic E-state index is 12.6. The Hall–Kier alpha value is -1.43. The van der Waals surface area contributed by atoms with Crippen molar-refractivity contribution in [3.05, 3.63) is 23.7 Å². The molecule has 2 saturated carbocycles. The fourth-order valence-electron chi connectivity index (χ4n) is 3.20. The number of nitrogens with zero attached hydrogens (tertiary/aromatic N) is 2. The van der Waals surface area contributed by atoms with E-state index in [-0.39, 0.29) is 17.7 Å². The Morgan fingerprint density at radius 2 is 2.22 bits per heavy atom. The first-order valence-corrected chi connectivity index (χ1v) is 9.40. The minimum Gasteiger partial charge on any atom is -0.464 e. The maximum atomic E-state index is 12.6. The molecule has 1 aromatic heterocycles. The molecule has 0 radical (unpaired) electrons. The van der Waals surface area contributed by atoms with Gasteiger partial charge in [-0.05, 0) is 37.3 Å². The van der Waals surface area contributed by atoms with E-state index >= 15 is 0 Å². The molecule has 0 N–H and O–H groups in total. The van der Waals surface area contributed by atoms with Crippen LogP contribution in [-0.2, 0) is 11.3 Å². The molecule has 4 rings (SSSR count). The van der Waals surface area contributed by atoms with Gasteiger partial charge in [-0.25, -0.2) is 0 Å². The van der Waals surface area contributed by atoms with E-state index in [1.54, 1.807) is 4.90 Å². The van der Waals surface area contributed by atoms with Crippen molar-refractivity contribution in [2.24, 2.45) is 5.92 Å². The number of amides is 2. The zero-order valence-electron chi connectivity index (χ0n) is 13.4. The highest BCUT2D eigenvalue weighted by atomic mass is 32.2. The summed E-state index contributed by atoms with van der Waals surface area (Å²) in [5.74, 6) is 4.03. The molecule has 5 nitrogen and oxygen atoms in total. The molecular weight excluding hydrogens is 312 g/mol. The molecule has 3 aliphatic rings. The van der Waals surface area contributed by atoms with Crippen LogP contribution < -0.4 is 0 Å². The van der Waals surface area contributed by atoms with Gasteiger partial charge in [0, 0.05) is 24.3 Å². The van der Waals surface area contributed by atoms with Crippen molar-refractivity contribution < 1.29 is 14.0 Å². The first-order valence-electron chi connectivity index (χ1n) is 8.41. The van der Waals surface area contributed by atoms with E-state index in [9.17, 15) is 9.59 Å². The third kappa shape index (κ3) is 3.27. The van der Waals surface area contributed by atoms with E-state index in [4.69, 9.17) is 4.42 Å². The molecular formula is C17H22N2O3S. The minimum atomic E-state index is 0.0251. The summed E-state index contributed by atoms with van der Waals surface area (Å²) >= 11 is 1.30. The predicted octanol–water partition coefficient (Wildman–Crippen LogP) is 3.06. The molecule has 6 heteroatoms. The highest BCUT2D eigenvalue weighted by molar-refractivity contribution is 8.13. The van der Waals surface area contributed by atoms with Crippen molar-refractivity contribution in [2.45, 2.75) is 44.7 Å². The highest BCUT2D eigenvalue weighted by Gasteiger charge is 2.38. The van der Waals surface area contributed by atoms with Crippen LogP contribution in [0, 0.1) is 5.92 Å². The van der Waals surface area contributed by atoms with Crippen molar-refractivity contribution in [2.75, 3.05) is 18.8 Å². The van der Waals surface area contributed by atoms with Crippen LogP contribution in [0.3, 0.4) is 0 Å². The third-order valence-corrected chi connectivity index (χ3v) is 5.85. The molecule has 2 atom stereocenters. The maximum Gasteiger partial charge on any atom is 0.282 e. The van der Waals surface area contributed by atoms with Crippen molar-refractivity contribution in [1.29, 1.82) is 0 Å². The minimum absolute atomic E-state index is 0.0251. The first kappa shape index (κ1) is 15.1. The zero-order chi connectivity index (χ0) is 16.0. The zero-order valence-corrected chi connectivity index (χ0v) is 14.2. The number of hydrogen-bond donors (Lipinski definition) is 0. The van der Waals surface area contributed by atoms with Crippen LogP contribution in [0.15, 0.2) is 16.5 Å². The second-order valence-electron chi connectivity index (χ2n) is 6.91. The lowest BCUT2D eigenvalue weighted by Crippen LogP contribution is -2.41. The summed E-state index contributed by atoms with van der Waals surface area (Å²) in [5, 5.41) is 0.0251. The molecule has 0 unspecified atom stereocenters. The van der Waals surface area contributed by atoms with Crippen LogP contribution in [0.25, 0.3) is 0 Å². The number of carbonyl (C=O) groups excluding carboxylic acids is 2. The normalized spacial score (nSPS) is 26.7. The van der Waals surface area contributed by atoms with E-state index < -0.39 is 0 Å². The van der Waals surface area contributed by atoms with Gasteiger partial charge in [-0.1, -0.05) is 18.7 Å². The van der Waals surface area contributed by atoms with Crippen LogP contribution in [-0.4, -0.2) is 45.8 Å². The largest absolute Gasteiger partial charge is 0.464 e. The number of thioether (sulfide) groups is 1. The Morgan fingerprint density at radius 1 is 1.43 bits per heavy atom. The molecule has 23 heavy (non-hydrogen) atoms. The van der Waals surface area contributed by atoms with E-state index in [1.807, 2.05) is 11.0 Å². The summed E-state index contributed by atoms with van der Waals surface area (Å²) < 4.78 is 5.95. The molecule has 1 aliphatic heterocycles. The smallest absolute Gasteiger partial charge is 0.282 e. The van der Waals surface area contributed by atoms with Crippen LogP contribution in [0.5, 0.6) is 0 Å². The molecule has 3 fully saturated rings. The highest BCUT2D eigenvalue weighted by Crippen LogP contribution is 2.47. The van der Waals surface area contributed by atoms with Gasteiger partial charge >= 0.3 is 0 Å². The topological polar surface area (TPSA) is 53.8 Å². The lowest BCUT2D eigenvalue weighted by Gasteiger charge is -2.24. The van der Waals surface area contributed by atoms with E-state index in [2.05, 4.69) is 13.0 Å². The Labute approximate surface area is 140 Å². The summed E-state index contributed by atoms with van der Waals surface area (Å²) in [6.45, 7) is 3.64. The number of furan rings is 1. The predicted molar refractivity (Wildman–Crippen MR) is 88.2 cm³/mol. The monoisotopic (exact) mass is 334 g/mol. The molecule has 0 bridgehead atoms. The van der Waals surface area contributed by atoms with Gasteiger partial charge in [0.15, 0.2) is 0 Å². The first-order chi connectivity index (χ1) is 11.1. The van der Waals surface area contributed by atoms with Crippen LogP contribution in [0.4, 0.5) is 4.79 Å². The van der Waals surface area contributed by atoms with Crippen LogP contribution in [0.2, 0.25) is 0 Å². The van der Waals surface area contributed by atoms with Gasteiger partial charge in [0.05, 0.1) is 6.54 Å². The van der Waals surface area contributed by atoms with Crippen molar-refractivity contribution >= 4 is 22.9 Å². The Balaban J connectivity index is 1.40. The Bertz CT molecular complexity index is 625. The van der Waals surface area contributed by atoms with Gasteiger partial charge in [-0.3, -0.25) is 9.59 Å². The summed E-state index contributed by atoms with van der Waals surface area (Å²) in [4.78, 5) is 27.9. The van der Waals surface area contributed by atoms with Crippen LogP contribution in [0.1, 0.15) is 43.6 Å². The van der Waals surface area contributed by atoms with Crippen molar-refractivity contribution in [1.82, 2.24) is 9.80 Å². The Morgan fingerprint density at radius 3 is 2.83 bits per heavy atom. The summed E-state index contributed by atoms with van der Waals surface area (Å²) in [6.07, 6.45) is 3.32. The molecule has 1 aromatic rings. The average Bonchev–Trinajstić information content (AvgIpc) is 3.41. The van der Waals surface area contributed by atoms with Gasteiger partial charge in [0.1, 0.15) is 18.1 Å². The van der Waals surface area contributed by atoms with Gasteiger partial charge in [0.2, 0.25) is 5.91 Å². The summed E-state index contributed by atoms with van der Waals surface area (Å²) in [5.41, 5.74) is 0. The van der Waals surface area contributed by atoms with Crippen molar-refractivity contribution in [3.8, 4) is 0 Å². The molecule has 0 aromatic carbocycles. The second-order valence-corrected chi connectivity index (χ2v) is 7.96. The average molecular weight is 334 g/mol. The van der Waals surface area contributed by atoms with Gasteiger partial charge in [-0.2, -0.15) is 0 Å². The molecule has 2 aliphatic carbocycles. The number of hydrogen-bond acceptors (Lipinski definition) is 4. The standard InChI is InChI=1S/C17H22N2O3S/c1-11-8-14(11)15-5-4-13(22-15)9-19(12-2-3-12)16(20)10-18-6-7-23-17(18)21/h4-5,11-12,14H,2-3,6-10H2,1H3/t11-,14+/m1/s1. The van der Waals surface area contributed by atoms with Crippen molar-refractivity contribution in [3.63, 3.8) is 0 Å². The van der Waals surface area contributed by atoms with Gasteiger partial charge in [-0.15, -0.1) is 0 Å². The molecule has 2 amide bonds. The molecule has 1 saturated heterocycles. The molecule has 0 spiro atoms. The Kier molecular flexibility index (Phi) is 3.87.